The van der Waals surface area contributed by atoms with Crippen molar-refractivity contribution in [3.8, 4) is 5.69 Å². The van der Waals surface area contributed by atoms with Crippen molar-refractivity contribution >= 4 is 0 Å². The smallest absolute Gasteiger partial charge is 0.0832 e. The first kappa shape index (κ1) is 15.5. The molecule has 0 amide bonds. The molecule has 0 aliphatic carbocycles. The average Bonchev–Trinajstić information content (AvgIpc) is 2.69. The first-order chi connectivity index (χ1) is 8.83. The molecule has 0 bridgehead atoms. The minimum atomic E-state index is -4.69. The summed E-state index contributed by atoms with van der Waals surface area (Å²) in [5.74, 6) is 0. The molecule has 0 aliphatic rings. The highest BCUT2D eigenvalue weighted by molar-refractivity contribution is 5.32. The Kier molecular flexibility index (Phi) is 5.40. The molecule has 19 heavy (non-hydrogen) atoms. The van der Waals surface area contributed by atoms with Crippen molar-refractivity contribution in [3.05, 3.63) is 41.7 Å². The van der Waals surface area contributed by atoms with Crippen LogP contribution in [0.25, 0.3) is 5.69 Å². The number of halogens is 1. The van der Waals surface area contributed by atoms with Crippen LogP contribution in [0.1, 0.15) is 18.3 Å². The molecule has 0 saturated carbocycles. The molecule has 8 heteroatoms. The van der Waals surface area contributed by atoms with E-state index in [9.17, 15) is 0 Å². The maximum absolute atomic E-state index is 8.60. The van der Waals surface area contributed by atoms with Gasteiger partial charge in [-0.1, -0.05) is 30.3 Å². The lowest BCUT2D eigenvalue weighted by atomic mass is 10.2. The van der Waals surface area contributed by atoms with Gasteiger partial charge in [0.1, 0.15) is 0 Å². The molecule has 0 radical (unpaired) electrons. The van der Waals surface area contributed by atoms with E-state index in [0.717, 1.165) is 17.8 Å². The summed E-state index contributed by atoms with van der Waals surface area (Å²) in [4.78, 5) is 0. The standard InChI is InChI=1S/C11H13N3.ClHO4/c1-3-11-9(2)12-13-14(11)10-7-5-4-6-8-10;2-1(3,4)5/h4-8H,3H2,1-2H3;(H,2,3,4,5). The lowest BCUT2D eigenvalue weighted by Crippen LogP contribution is -2.58. The Morgan fingerprint density at radius 3 is 2.21 bits per heavy atom. The van der Waals surface area contributed by atoms with Gasteiger partial charge in [0.15, 0.2) is 0 Å². The minimum absolute atomic E-state index is 0.952. The first-order valence-electron chi connectivity index (χ1n) is 5.42. The zero-order chi connectivity index (χ0) is 14.5. The van der Waals surface area contributed by atoms with E-state index < -0.39 is 10.2 Å². The Bertz CT molecular complexity index is 504. The summed E-state index contributed by atoms with van der Waals surface area (Å²) in [5, 5.41) is 8.20. The van der Waals surface area contributed by atoms with Gasteiger partial charge in [-0.3, -0.25) is 0 Å². The first-order valence-corrected chi connectivity index (χ1v) is 6.69. The van der Waals surface area contributed by atoms with Gasteiger partial charge < -0.3 is 0 Å². The maximum Gasteiger partial charge on any atom is 0.0832 e. The van der Waals surface area contributed by atoms with Crippen molar-refractivity contribution in [2.45, 2.75) is 20.3 Å². The van der Waals surface area contributed by atoms with Gasteiger partial charge in [-0.25, -0.2) is 4.68 Å². The molecule has 0 fully saturated rings. The predicted molar refractivity (Wildman–Crippen MR) is 57.7 cm³/mol. The van der Waals surface area contributed by atoms with Crippen LogP contribution in [0.4, 0.5) is 0 Å². The number of benzene rings is 1. The van der Waals surface area contributed by atoms with Crippen LogP contribution in [0.2, 0.25) is 0 Å². The fraction of sp³-hybridized carbons (Fsp3) is 0.273. The van der Waals surface area contributed by atoms with E-state index in [4.69, 9.17) is 18.6 Å². The highest BCUT2D eigenvalue weighted by atomic mass is 35.7. The number of aryl methyl sites for hydroxylation is 1. The molecule has 0 saturated heterocycles. The van der Waals surface area contributed by atoms with Crippen LogP contribution in [0, 0.1) is 17.2 Å². The van der Waals surface area contributed by atoms with Gasteiger partial charge in [-0.2, -0.15) is 14.0 Å². The summed E-state index contributed by atoms with van der Waals surface area (Å²) in [6.45, 7) is 4.11. The molecule has 0 aliphatic heterocycles. The van der Waals surface area contributed by atoms with Crippen LogP contribution < -0.4 is 14.0 Å². The highest BCUT2D eigenvalue weighted by Crippen LogP contribution is 2.12. The molecular formula is C11H14ClN3O4. The number of hydrogen-bond donors (Lipinski definition) is 1. The quantitative estimate of drug-likeness (QED) is 0.683. The number of rotatable bonds is 2. The van der Waals surface area contributed by atoms with Crippen molar-refractivity contribution in [3.63, 3.8) is 0 Å². The lowest BCUT2D eigenvalue weighted by Gasteiger charge is -2.03. The largest absolute Gasteiger partial charge is 0.217 e. The van der Waals surface area contributed by atoms with Gasteiger partial charge in [0.05, 0.1) is 32.0 Å². The van der Waals surface area contributed by atoms with E-state index in [1.165, 1.54) is 5.69 Å². The fourth-order valence-electron chi connectivity index (χ4n) is 1.56. The third-order valence-corrected chi connectivity index (χ3v) is 2.29. The van der Waals surface area contributed by atoms with Gasteiger partial charge in [0.25, 0.3) is 0 Å². The van der Waals surface area contributed by atoms with E-state index in [0.29, 0.717) is 0 Å². The fourth-order valence-corrected chi connectivity index (χ4v) is 1.56. The monoisotopic (exact) mass is 287 g/mol. The SMILES string of the molecule is CCc1c(C)nnn1-c1ccccc1.[O-][Cl+3]([O-])([O-])O. The molecule has 0 spiro atoms. The molecule has 7 nitrogen and oxygen atoms in total. The molecule has 1 heterocycles. The third-order valence-electron chi connectivity index (χ3n) is 2.29. The van der Waals surface area contributed by atoms with Crippen LogP contribution in [0.3, 0.4) is 0 Å². The van der Waals surface area contributed by atoms with E-state index in [-0.39, 0.29) is 0 Å². The summed E-state index contributed by atoms with van der Waals surface area (Å²) in [5.41, 5.74) is 3.26. The predicted octanol–water partition coefficient (Wildman–Crippen LogP) is -1.99. The molecule has 104 valence electrons. The van der Waals surface area contributed by atoms with Gasteiger partial charge >= 0.3 is 0 Å². The van der Waals surface area contributed by atoms with Crippen molar-refractivity contribution < 1.29 is 28.9 Å². The zero-order valence-electron chi connectivity index (χ0n) is 10.5. The summed E-state index contributed by atoms with van der Waals surface area (Å²) < 4.78 is 34.6. The van der Waals surface area contributed by atoms with E-state index in [1.54, 1.807) is 0 Å². The third kappa shape index (κ3) is 5.33. The number of nitrogens with zero attached hydrogens (tertiary/aromatic N) is 3. The Labute approximate surface area is 112 Å². The number of aromatic nitrogens is 3. The maximum atomic E-state index is 8.60. The molecule has 1 N–H and O–H groups in total. The normalized spacial score (nSPS) is 10.8. The lowest BCUT2D eigenvalue weighted by molar-refractivity contribution is -1.92. The summed E-state index contributed by atoms with van der Waals surface area (Å²) in [6, 6.07) is 10.1. The molecule has 0 atom stereocenters. The van der Waals surface area contributed by atoms with E-state index in [2.05, 4.69) is 17.2 Å². The molecular weight excluding hydrogens is 274 g/mol. The Balaban J connectivity index is 0.000000312. The minimum Gasteiger partial charge on any atom is -0.217 e. The number of hydrogen-bond acceptors (Lipinski definition) is 6. The van der Waals surface area contributed by atoms with Crippen LogP contribution in [0.15, 0.2) is 30.3 Å². The van der Waals surface area contributed by atoms with Gasteiger partial charge in [0.2, 0.25) is 0 Å². The van der Waals surface area contributed by atoms with Gasteiger partial charge in [0, 0.05) is 0 Å². The Morgan fingerprint density at radius 2 is 1.74 bits per heavy atom. The molecule has 1 aromatic heterocycles. The second-order valence-corrected chi connectivity index (χ2v) is 4.41. The molecule has 0 unspecified atom stereocenters. The molecule has 1 aromatic carbocycles. The molecule has 2 aromatic rings. The van der Waals surface area contributed by atoms with Gasteiger partial charge in [-0.15, -0.1) is 5.10 Å². The molecule has 2 rings (SSSR count). The van der Waals surface area contributed by atoms with Crippen LogP contribution in [-0.2, 0) is 6.42 Å². The highest BCUT2D eigenvalue weighted by Gasteiger charge is 2.07. The second-order valence-electron chi connectivity index (χ2n) is 3.62. The van der Waals surface area contributed by atoms with Crippen molar-refractivity contribution in [2.24, 2.45) is 0 Å². The summed E-state index contributed by atoms with van der Waals surface area (Å²) in [7, 11) is -4.69. The van der Waals surface area contributed by atoms with Gasteiger partial charge in [-0.05, 0) is 25.5 Å². The second kappa shape index (κ2) is 6.60. The number of para-hydroxylation sites is 1. The average molecular weight is 288 g/mol. The van der Waals surface area contributed by atoms with E-state index >= 15 is 0 Å². The zero-order valence-corrected chi connectivity index (χ0v) is 11.2. The summed E-state index contributed by atoms with van der Waals surface area (Å²) >= 11 is 0. The Morgan fingerprint density at radius 1 is 1.21 bits per heavy atom. The Hall–Kier alpha value is -1.51. The van der Waals surface area contributed by atoms with Crippen LogP contribution >= 0.6 is 0 Å². The van der Waals surface area contributed by atoms with Crippen molar-refractivity contribution in [1.82, 2.24) is 15.0 Å². The summed E-state index contributed by atoms with van der Waals surface area (Å²) in [6.07, 6.45) is 0.952. The van der Waals surface area contributed by atoms with Crippen LogP contribution in [-0.4, -0.2) is 19.7 Å². The van der Waals surface area contributed by atoms with Crippen molar-refractivity contribution in [2.75, 3.05) is 0 Å². The van der Waals surface area contributed by atoms with E-state index in [1.807, 2.05) is 41.9 Å². The van der Waals surface area contributed by atoms with Crippen molar-refractivity contribution in [1.29, 1.82) is 0 Å². The topological polar surface area (TPSA) is 120 Å². The van der Waals surface area contributed by atoms with Crippen LogP contribution in [0.5, 0.6) is 0 Å².